The second-order valence-electron chi connectivity index (χ2n) is 4.75. The SMILES string of the molecule is Cc1ncc(N)cc1C(=O)NC(C)(C)C(C)O. The van der Waals surface area contributed by atoms with Crippen molar-refractivity contribution in [3.8, 4) is 0 Å². The number of aliphatic hydroxyl groups is 1. The molecule has 0 spiro atoms. The van der Waals surface area contributed by atoms with Crippen molar-refractivity contribution in [2.24, 2.45) is 0 Å². The van der Waals surface area contributed by atoms with Gasteiger partial charge in [0.15, 0.2) is 0 Å². The minimum atomic E-state index is -0.700. The Labute approximate surface area is 101 Å². The molecule has 0 aromatic carbocycles. The number of carbonyl (C=O) groups excluding carboxylic acids is 1. The summed E-state index contributed by atoms with van der Waals surface area (Å²) in [6.45, 7) is 6.88. The number of aromatic nitrogens is 1. The molecule has 1 aromatic rings. The first kappa shape index (κ1) is 13.4. The maximum absolute atomic E-state index is 12.0. The van der Waals surface area contributed by atoms with E-state index in [4.69, 9.17) is 5.73 Å². The molecule has 1 atom stereocenters. The van der Waals surface area contributed by atoms with Crippen LogP contribution in [0.2, 0.25) is 0 Å². The molecule has 4 N–H and O–H groups in total. The number of anilines is 1. The summed E-state index contributed by atoms with van der Waals surface area (Å²) in [6.07, 6.45) is 0.854. The lowest BCUT2D eigenvalue weighted by Gasteiger charge is -2.29. The van der Waals surface area contributed by atoms with Gasteiger partial charge >= 0.3 is 0 Å². The third-order valence-corrected chi connectivity index (χ3v) is 2.83. The zero-order valence-corrected chi connectivity index (χ0v) is 10.6. The molecule has 0 aliphatic rings. The van der Waals surface area contributed by atoms with E-state index in [2.05, 4.69) is 10.3 Å². The van der Waals surface area contributed by atoms with Gasteiger partial charge in [0.05, 0.1) is 34.8 Å². The highest BCUT2D eigenvalue weighted by Crippen LogP contribution is 2.13. The number of nitrogen functional groups attached to an aromatic ring is 1. The van der Waals surface area contributed by atoms with Gasteiger partial charge in [-0.2, -0.15) is 0 Å². The average molecular weight is 237 g/mol. The van der Waals surface area contributed by atoms with E-state index in [1.807, 2.05) is 0 Å². The quantitative estimate of drug-likeness (QED) is 0.727. The number of aliphatic hydroxyl groups excluding tert-OH is 1. The van der Waals surface area contributed by atoms with Crippen LogP contribution in [0.1, 0.15) is 36.8 Å². The van der Waals surface area contributed by atoms with E-state index >= 15 is 0 Å². The third kappa shape index (κ3) is 3.17. The molecule has 17 heavy (non-hydrogen) atoms. The summed E-state index contributed by atoms with van der Waals surface area (Å²) in [5.74, 6) is -0.284. The second kappa shape index (κ2) is 4.71. The van der Waals surface area contributed by atoms with Gasteiger partial charge < -0.3 is 16.2 Å². The van der Waals surface area contributed by atoms with Crippen molar-refractivity contribution in [1.82, 2.24) is 10.3 Å². The summed E-state index contributed by atoms with van der Waals surface area (Å²) in [6, 6.07) is 1.58. The third-order valence-electron chi connectivity index (χ3n) is 2.83. The molecule has 5 heteroatoms. The molecule has 94 valence electrons. The number of nitrogens with two attached hydrogens (primary N) is 1. The van der Waals surface area contributed by atoms with E-state index < -0.39 is 11.6 Å². The molecule has 0 bridgehead atoms. The molecule has 5 nitrogen and oxygen atoms in total. The molecule has 1 amide bonds. The van der Waals surface area contributed by atoms with Gasteiger partial charge in [0.1, 0.15) is 0 Å². The Hall–Kier alpha value is -1.62. The molecule has 0 aliphatic carbocycles. The normalized spacial score (nSPS) is 13.2. The van der Waals surface area contributed by atoms with Gasteiger partial charge in [-0.1, -0.05) is 0 Å². The van der Waals surface area contributed by atoms with E-state index in [0.717, 1.165) is 0 Å². The number of rotatable bonds is 3. The highest BCUT2D eigenvalue weighted by atomic mass is 16.3. The van der Waals surface area contributed by atoms with Gasteiger partial charge in [-0.15, -0.1) is 0 Å². The molecule has 0 aliphatic heterocycles. The molecule has 0 radical (unpaired) electrons. The summed E-state index contributed by atoms with van der Waals surface area (Å²) >= 11 is 0. The molecular weight excluding hydrogens is 218 g/mol. The fraction of sp³-hybridized carbons (Fsp3) is 0.500. The van der Waals surface area contributed by atoms with Crippen LogP contribution < -0.4 is 11.1 Å². The fourth-order valence-corrected chi connectivity index (χ4v) is 1.24. The summed E-state index contributed by atoms with van der Waals surface area (Å²) < 4.78 is 0. The number of carbonyl (C=O) groups is 1. The van der Waals surface area contributed by atoms with Crippen molar-refractivity contribution < 1.29 is 9.90 Å². The molecule has 1 heterocycles. The zero-order valence-electron chi connectivity index (χ0n) is 10.6. The second-order valence-corrected chi connectivity index (χ2v) is 4.75. The standard InChI is InChI=1S/C12H19N3O2/c1-7-10(5-9(13)6-14-7)11(17)15-12(3,4)8(2)16/h5-6,8,16H,13H2,1-4H3,(H,15,17). The van der Waals surface area contributed by atoms with Crippen LogP contribution in [-0.2, 0) is 0 Å². The number of nitrogens with zero attached hydrogens (tertiary/aromatic N) is 1. The smallest absolute Gasteiger partial charge is 0.253 e. The molecular formula is C12H19N3O2. The van der Waals surface area contributed by atoms with Gasteiger partial charge in [0, 0.05) is 0 Å². The summed E-state index contributed by atoms with van der Waals surface area (Å²) in [7, 11) is 0. The molecule has 1 aromatic heterocycles. The number of pyridine rings is 1. The van der Waals surface area contributed by atoms with Gasteiger partial charge in [0.25, 0.3) is 5.91 Å². The lowest BCUT2D eigenvalue weighted by Crippen LogP contribution is -2.51. The Morgan fingerprint density at radius 1 is 1.59 bits per heavy atom. The summed E-state index contributed by atoms with van der Waals surface area (Å²) in [5, 5.41) is 12.3. The Bertz CT molecular complexity index is 428. The van der Waals surface area contributed by atoms with Crippen LogP contribution >= 0.6 is 0 Å². The van der Waals surface area contributed by atoms with Crippen molar-refractivity contribution in [3.05, 3.63) is 23.5 Å². The number of aryl methyl sites for hydroxylation is 1. The van der Waals surface area contributed by atoms with Crippen molar-refractivity contribution in [2.45, 2.75) is 39.3 Å². The fourth-order valence-electron chi connectivity index (χ4n) is 1.24. The zero-order chi connectivity index (χ0) is 13.2. The first-order valence-corrected chi connectivity index (χ1v) is 5.46. The number of amides is 1. The van der Waals surface area contributed by atoms with E-state index in [9.17, 15) is 9.90 Å². The van der Waals surface area contributed by atoms with E-state index in [1.54, 1.807) is 33.8 Å². The van der Waals surface area contributed by atoms with Crippen molar-refractivity contribution in [2.75, 3.05) is 5.73 Å². The van der Waals surface area contributed by atoms with Crippen LogP contribution in [-0.4, -0.2) is 27.6 Å². The van der Waals surface area contributed by atoms with E-state index in [-0.39, 0.29) is 5.91 Å². The van der Waals surface area contributed by atoms with E-state index in [0.29, 0.717) is 16.9 Å². The van der Waals surface area contributed by atoms with Crippen LogP contribution in [0.5, 0.6) is 0 Å². The van der Waals surface area contributed by atoms with Crippen LogP contribution in [0.3, 0.4) is 0 Å². The molecule has 1 rings (SSSR count). The topological polar surface area (TPSA) is 88.2 Å². The van der Waals surface area contributed by atoms with Gasteiger partial charge in [-0.3, -0.25) is 9.78 Å². The van der Waals surface area contributed by atoms with Crippen molar-refractivity contribution >= 4 is 11.6 Å². The lowest BCUT2D eigenvalue weighted by molar-refractivity contribution is 0.0708. The highest BCUT2D eigenvalue weighted by molar-refractivity contribution is 5.96. The minimum absolute atomic E-state index is 0.284. The monoisotopic (exact) mass is 237 g/mol. The maximum Gasteiger partial charge on any atom is 0.253 e. The molecule has 0 saturated carbocycles. The molecule has 0 fully saturated rings. The van der Waals surface area contributed by atoms with Crippen LogP contribution in [0, 0.1) is 6.92 Å². The van der Waals surface area contributed by atoms with Gasteiger partial charge in [-0.25, -0.2) is 0 Å². The number of hydrogen-bond donors (Lipinski definition) is 3. The Morgan fingerprint density at radius 2 is 2.18 bits per heavy atom. The summed E-state index contributed by atoms with van der Waals surface area (Å²) in [5.41, 5.74) is 6.38. The predicted octanol–water partition coefficient (Wildman–Crippen LogP) is 0.861. The number of nitrogens with one attached hydrogen (secondary N) is 1. The largest absolute Gasteiger partial charge is 0.397 e. The number of hydrogen-bond acceptors (Lipinski definition) is 4. The maximum atomic E-state index is 12.0. The Morgan fingerprint density at radius 3 is 2.71 bits per heavy atom. The van der Waals surface area contributed by atoms with Crippen molar-refractivity contribution in [3.63, 3.8) is 0 Å². The molecule has 1 unspecified atom stereocenters. The van der Waals surface area contributed by atoms with Crippen LogP contribution in [0.25, 0.3) is 0 Å². The lowest BCUT2D eigenvalue weighted by atomic mass is 9.98. The van der Waals surface area contributed by atoms with Crippen LogP contribution in [0.4, 0.5) is 5.69 Å². The predicted molar refractivity (Wildman–Crippen MR) is 66.6 cm³/mol. The molecule has 0 saturated heterocycles. The highest BCUT2D eigenvalue weighted by Gasteiger charge is 2.27. The Kier molecular flexibility index (Phi) is 3.72. The van der Waals surface area contributed by atoms with E-state index in [1.165, 1.54) is 6.20 Å². The Balaban J connectivity index is 2.94. The first-order chi connectivity index (χ1) is 7.74. The average Bonchev–Trinajstić information content (AvgIpc) is 2.20. The van der Waals surface area contributed by atoms with Gasteiger partial charge in [-0.05, 0) is 33.8 Å². The van der Waals surface area contributed by atoms with Crippen LogP contribution in [0.15, 0.2) is 12.3 Å². The van der Waals surface area contributed by atoms with Gasteiger partial charge in [0.2, 0.25) is 0 Å². The summed E-state index contributed by atoms with van der Waals surface area (Å²) in [4.78, 5) is 16.0. The first-order valence-electron chi connectivity index (χ1n) is 5.46. The minimum Gasteiger partial charge on any atom is -0.397 e. The van der Waals surface area contributed by atoms with Crippen molar-refractivity contribution in [1.29, 1.82) is 0 Å².